The summed E-state index contributed by atoms with van der Waals surface area (Å²) in [7, 11) is 0. The van der Waals surface area contributed by atoms with E-state index in [2.05, 4.69) is 25.0 Å². The van der Waals surface area contributed by atoms with Gasteiger partial charge < -0.3 is 10.5 Å². The van der Waals surface area contributed by atoms with Crippen LogP contribution >= 0.6 is 0 Å². The zero-order valence-corrected chi connectivity index (χ0v) is 13.7. The van der Waals surface area contributed by atoms with E-state index < -0.39 is 6.10 Å². The van der Waals surface area contributed by atoms with Crippen molar-refractivity contribution in [3.05, 3.63) is 53.6 Å². The van der Waals surface area contributed by atoms with Crippen molar-refractivity contribution < 1.29 is 9.53 Å². The van der Waals surface area contributed by atoms with Crippen LogP contribution in [0.15, 0.2) is 42.5 Å². The van der Waals surface area contributed by atoms with Crippen molar-refractivity contribution in [2.24, 2.45) is 0 Å². The van der Waals surface area contributed by atoms with Crippen molar-refractivity contribution in [3.8, 4) is 18.1 Å². The number of nitrogen functional groups attached to an aromatic ring is 1. The highest BCUT2D eigenvalue weighted by Crippen LogP contribution is 2.36. The predicted molar refractivity (Wildman–Crippen MR) is 96.0 cm³/mol. The molecule has 0 radical (unpaired) electrons. The Balaban J connectivity index is 1.88. The van der Waals surface area contributed by atoms with Crippen LogP contribution in [-0.2, 0) is 17.6 Å². The van der Waals surface area contributed by atoms with Crippen LogP contribution in [-0.4, -0.2) is 18.6 Å². The fraction of sp³-hybridized carbons (Fsp3) is 0.250. The minimum Gasteiger partial charge on any atom is -0.478 e. The largest absolute Gasteiger partial charge is 0.478 e. The number of carbonyl (C=O) groups excluding carboxylic acids is 1. The number of nitrogens with two attached hydrogens (primary N) is 1. The topological polar surface area (TPSA) is 55.6 Å². The van der Waals surface area contributed by atoms with Crippen LogP contribution in [0, 0.1) is 12.3 Å². The Morgan fingerprint density at radius 2 is 1.92 bits per heavy atom. The van der Waals surface area contributed by atoms with E-state index in [1.807, 2.05) is 12.1 Å². The third kappa shape index (κ3) is 3.07. The minimum absolute atomic E-state index is 0.121. The van der Waals surface area contributed by atoms with Crippen molar-refractivity contribution in [2.75, 3.05) is 17.2 Å². The normalized spacial score (nSPS) is 16.2. The van der Waals surface area contributed by atoms with Gasteiger partial charge in [0.1, 0.15) is 5.75 Å². The lowest BCUT2D eigenvalue weighted by Crippen LogP contribution is -2.47. The number of anilines is 2. The fourth-order valence-electron chi connectivity index (χ4n) is 2.85. The van der Waals surface area contributed by atoms with Crippen LogP contribution in [0.4, 0.5) is 11.4 Å². The molecule has 1 atom stereocenters. The summed E-state index contributed by atoms with van der Waals surface area (Å²) in [6, 6.07) is 13.5. The molecule has 1 heterocycles. The number of ether oxygens (including phenoxy) is 1. The highest BCUT2D eigenvalue weighted by Gasteiger charge is 2.34. The average molecular weight is 320 g/mol. The maximum absolute atomic E-state index is 12.8. The molecule has 1 aliphatic heterocycles. The molecule has 2 N–H and O–H groups in total. The molecule has 4 heteroatoms. The SMILES string of the molecule is C#CCN1C(=O)C(Cc2ccc(CC)cc2)Oc2cc(N)ccc21. The molecule has 1 unspecified atom stereocenters. The molecule has 4 nitrogen and oxygen atoms in total. The molecule has 1 aliphatic rings. The smallest absolute Gasteiger partial charge is 0.269 e. The van der Waals surface area contributed by atoms with Crippen LogP contribution < -0.4 is 15.4 Å². The summed E-state index contributed by atoms with van der Waals surface area (Å²) in [5.74, 6) is 3.02. The highest BCUT2D eigenvalue weighted by atomic mass is 16.5. The van der Waals surface area contributed by atoms with E-state index in [1.165, 1.54) is 5.56 Å². The second-order valence-electron chi connectivity index (χ2n) is 5.84. The van der Waals surface area contributed by atoms with Crippen LogP contribution in [0.25, 0.3) is 0 Å². The summed E-state index contributed by atoms with van der Waals surface area (Å²) >= 11 is 0. The molecule has 0 aromatic heterocycles. The maximum atomic E-state index is 12.8. The lowest BCUT2D eigenvalue weighted by Gasteiger charge is -2.33. The summed E-state index contributed by atoms with van der Waals surface area (Å²) in [5, 5.41) is 0. The summed E-state index contributed by atoms with van der Waals surface area (Å²) in [6.45, 7) is 2.33. The number of hydrogen-bond donors (Lipinski definition) is 1. The first-order valence-electron chi connectivity index (χ1n) is 8.01. The third-order valence-electron chi connectivity index (χ3n) is 4.19. The van der Waals surface area contributed by atoms with Gasteiger partial charge in [0.25, 0.3) is 5.91 Å². The molecule has 0 saturated carbocycles. The van der Waals surface area contributed by atoms with Gasteiger partial charge in [0.2, 0.25) is 0 Å². The molecule has 122 valence electrons. The van der Waals surface area contributed by atoms with Crippen molar-refractivity contribution in [2.45, 2.75) is 25.9 Å². The Morgan fingerprint density at radius 1 is 1.21 bits per heavy atom. The predicted octanol–water partition coefficient (Wildman–Crippen LogP) is 2.80. The van der Waals surface area contributed by atoms with Gasteiger partial charge in [-0.05, 0) is 29.7 Å². The molecule has 0 bridgehead atoms. The molecule has 2 aromatic carbocycles. The van der Waals surface area contributed by atoms with Crippen molar-refractivity contribution in [1.82, 2.24) is 0 Å². The number of benzene rings is 2. The van der Waals surface area contributed by atoms with Crippen molar-refractivity contribution in [1.29, 1.82) is 0 Å². The lowest BCUT2D eigenvalue weighted by molar-refractivity contribution is -0.126. The Hall–Kier alpha value is -2.93. The second kappa shape index (κ2) is 6.67. The van der Waals surface area contributed by atoms with E-state index in [9.17, 15) is 4.79 Å². The van der Waals surface area contributed by atoms with E-state index >= 15 is 0 Å². The van der Waals surface area contributed by atoms with E-state index in [4.69, 9.17) is 16.9 Å². The van der Waals surface area contributed by atoms with Gasteiger partial charge in [-0.25, -0.2) is 0 Å². The van der Waals surface area contributed by atoms with Crippen LogP contribution in [0.2, 0.25) is 0 Å². The lowest BCUT2D eigenvalue weighted by atomic mass is 10.0. The quantitative estimate of drug-likeness (QED) is 0.696. The van der Waals surface area contributed by atoms with Crippen LogP contribution in [0.5, 0.6) is 5.75 Å². The average Bonchev–Trinajstić information content (AvgIpc) is 2.59. The van der Waals surface area contributed by atoms with E-state index in [1.54, 1.807) is 23.1 Å². The monoisotopic (exact) mass is 320 g/mol. The number of amides is 1. The Morgan fingerprint density at radius 3 is 2.58 bits per heavy atom. The van der Waals surface area contributed by atoms with Gasteiger partial charge in [-0.3, -0.25) is 9.69 Å². The number of rotatable bonds is 4. The second-order valence-corrected chi connectivity index (χ2v) is 5.84. The zero-order chi connectivity index (χ0) is 17.1. The Labute approximate surface area is 142 Å². The number of fused-ring (bicyclic) bond motifs is 1. The summed E-state index contributed by atoms with van der Waals surface area (Å²) in [6.07, 6.45) is 6.32. The Bertz CT molecular complexity index is 790. The summed E-state index contributed by atoms with van der Waals surface area (Å²) in [4.78, 5) is 14.4. The fourth-order valence-corrected chi connectivity index (χ4v) is 2.85. The van der Waals surface area contributed by atoms with Crippen LogP contribution in [0.1, 0.15) is 18.1 Å². The molecule has 2 aromatic rings. The van der Waals surface area contributed by atoms with Gasteiger partial charge in [0.05, 0.1) is 12.2 Å². The van der Waals surface area contributed by atoms with E-state index in [0.717, 1.165) is 12.0 Å². The van der Waals surface area contributed by atoms with Gasteiger partial charge in [0.15, 0.2) is 6.10 Å². The van der Waals surface area contributed by atoms with Crippen molar-refractivity contribution in [3.63, 3.8) is 0 Å². The first kappa shape index (κ1) is 15.9. The van der Waals surface area contributed by atoms with Gasteiger partial charge in [-0.1, -0.05) is 37.1 Å². The zero-order valence-electron chi connectivity index (χ0n) is 13.7. The number of aryl methyl sites for hydroxylation is 1. The van der Waals surface area contributed by atoms with Crippen LogP contribution in [0.3, 0.4) is 0 Å². The maximum Gasteiger partial charge on any atom is 0.269 e. The van der Waals surface area contributed by atoms with Gasteiger partial charge >= 0.3 is 0 Å². The first-order valence-corrected chi connectivity index (χ1v) is 8.01. The third-order valence-corrected chi connectivity index (χ3v) is 4.19. The molecule has 0 aliphatic carbocycles. The molecular formula is C20H20N2O2. The molecule has 1 amide bonds. The first-order chi connectivity index (χ1) is 11.6. The van der Waals surface area contributed by atoms with Gasteiger partial charge in [-0.2, -0.15) is 0 Å². The number of carbonyl (C=O) groups is 1. The molecular weight excluding hydrogens is 300 g/mol. The number of terminal acetylenes is 1. The Kier molecular flexibility index (Phi) is 4.43. The van der Waals surface area contributed by atoms with Gasteiger partial charge in [0, 0.05) is 18.2 Å². The van der Waals surface area contributed by atoms with Crippen molar-refractivity contribution >= 4 is 17.3 Å². The summed E-state index contributed by atoms with van der Waals surface area (Å²) < 4.78 is 5.92. The molecule has 3 rings (SSSR count). The molecule has 24 heavy (non-hydrogen) atoms. The van der Waals surface area contributed by atoms with E-state index in [0.29, 0.717) is 23.5 Å². The highest BCUT2D eigenvalue weighted by molar-refractivity contribution is 6.00. The van der Waals surface area contributed by atoms with Gasteiger partial charge in [-0.15, -0.1) is 6.42 Å². The number of hydrogen-bond acceptors (Lipinski definition) is 3. The standard InChI is InChI=1S/C20H20N2O2/c1-3-11-22-17-10-9-16(21)13-18(17)24-19(20(22)23)12-15-7-5-14(4-2)6-8-15/h1,5-10,13,19H,4,11-12,21H2,2H3. The minimum atomic E-state index is -0.597. The summed E-state index contributed by atoms with van der Waals surface area (Å²) in [5.41, 5.74) is 9.43. The molecule has 0 spiro atoms. The molecule has 0 fully saturated rings. The van der Waals surface area contributed by atoms with E-state index in [-0.39, 0.29) is 12.5 Å². The molecule has 0 saturated heterocycles. The number of nitrogens with zero attached hydrogens (tertiary/aromatic N) is 1.